The van der Waals surface area contributed by atoms with E-state index in [1.165, 1.54) is 0 Å². The van der Waals surface area contributed by atoms with Crippen LogP contribution in [-0.2, 0) is 14.4 Å². The minimum atomic E-state index is 0.0614. The Morgan fingerprint density at radius 1 is 0.627 bits per heavy atom. The maximum atomic E-state index is 11.9. The van der Waals surface area contributed by atoms with Crippen molar-refractivity contribution in [1.29, 1.82) is 0 Å². The quantitative estimate of drug-likeness (QED) is 0.0750. The van der Waals surface area contributed by atoms with Crippen molar-refractivity contribution in [2.75, 3.05) is 13.1 Å². The van der Waals surface area contributed by atoms with E-state index >= 15 is 0 Å². The molecule has 1 amide bonds. The van der Waals surface area contributed by atoms with Crippen molar-refractivity contribution in [2.45, 2.75) is 96.8 Å². The molecule has 0 aliphatic heterocycles. The van der Waals surface area contributed by atoms with Crippen LogP contribution in [0.1, 0.15) is 108 Å². The first-order chi connectivity index (χ1) is 25.0. The minimum absolute atomic E-state index is 0.0614. The van der Waals surface area contributed by atoms with Crippen LogP contribution in [0.5, 0.6) is 0 Å². The number of rotatable bonds is 26. The lowest BCUT2D eigenvalue weighted by atomic mass is 10.1. The number of hydrogen-bond acceptors (Lipinski definition) is 6. The summed E-state index contributed by atoms with van der Waals surface area (Å²) >= 11 is 0. The molecule has 2 heterocycles. The van der Waals surface area contributed by atoms with Gasteiger partial charge in [-0.15, -0.1) is 0 Å². The molecule has 0 aromatic carbocycles. The number of pyridine rings is 2. The molecule has 2 rings (SSSR count). The van der Waals surface area contributed by atoms with Gasteiger partial charge in [-0.05, 0) is 87.6 Å². The zero-order valence-electron chi connectivity index (χ0n) is 30.7. The Morgan fingerprint density at radius 3 is 1.59 bits per heavy atom. The van der Waals surface area contributed by atoms with Crippen LogP contribution >= 0.6 is 0 Å². The molecule has 0 unspecified atom stereocenters. The third-order valence-corrected chi connectivity index (χ3v) is 7.23. The highest BCUT2D eigenvalue weighted by Crippen LogP contribution is 2.04. The average molecular weight is 693 g/mol. The number of aromatic nitrogens is 2. The first-order valence-electron chi connectivity index (χ1n) is 18.4. The van der Waals surface area contributed by atoms with Gasteiger partial charge in [-0.2, -0.15) is 0 Å². The van der Waals surface area contributed by atoms with Crippen molar-refractivity contribution < 1.29 is 14.4 Å². The van der Waals surface area contributed by atoms with Crippen LogP contribution in [0.25, 0.3) is 12.2 Å². The number of nitrogens with zero attached hydrogens (tertiary/aromatic N) is 2. The number of nitrogens with one attached hydrogen (secondary N) is 1. The number of nitrogens with two attached hydrogens (primary N) is 1. The van der Waals surface area contributed by atoms with E-state index in [-0.39, 0.29) is 17.5 Å². The molecular weight excluding hydrogens is 633 g/mol. The van der Waals surface area contributed by atoms with E-state index in [1.54, 1.807) is 24.8 Å². The standard InChI is InChI=1S/C32H44N2O2.C12H16N2O/c1-2-3-4-5-6-7-8-9-10-11-12-13-14-15-16-17-18-26-32(36)34-28-21-25-31(35)24-19-22-30-23-20-27-33-29-30;13-8-2-7-12(15)6-1-4-11-5-3-9-14-10-11/h3-4,6-7,9-10,12-13,15-16,19-20,22-23,27,29H,2,5,8,11,14,17-18,21,24-26,28H2,1H3,(H,34,36);1,3-5,9-10H,2,6-8,13H2/b4-3-,7-6-,10-9-,13-12-,16-15-,22-19+;4-1+. The summed E-state index contributed by atoms with van der Waals surface area (Å²) in [6.07, 6.45) is 47.1. The van der Waals surface area contributed by atoms with Gasteiger partial charge >= 0.3 is 0 Å². The van der Waals surface area contributed by atoms with Crippen molar-refractivity contribution >= 4 is 29.6 Å². The van der Waals surface area contributed by atoms with Gasteiger partial charge in [0.25, 0.3) is 0 Å². The summed E-state index contributed by atoms with van der Waals surface area (Å²) in [6.45, 7) is 3.28. The molecule has 7 heteroatoms. The molecule has 0 aliphatic rings. The van der Waals surface area contributed by atoms with Crippen LogP contribution in [-0.4, -0.2) is 40.5 Å². The first kappa shape index (κ1) is 44.3. The van der Waals surface area contributed by atoms with Crippen LogP contribution in [0.2, 0.25) is 0 Å². The van der Waals surface area contributed by atoms with Crippen LogP contribution < -0.4 is 11.1 Å². The second-order valence-electron chi connectivity index (χ2n) is 11.8. The smallest absolute Gasteiger partial charge is 0.220 e. The first-order valence-corrected chi connectivity index (χ1v) is 18.4. The van der Waals surface area contributed by atoms with Crippen LogP contribution in [0.4, 0.5) is 0 Å². The summed E-state index contributed by atoms with van der Waals surface area (Å²) in [5.41, 5.74) is 7.32. The number of carbonyl (C=O) groups is 3. The predicted molar refractivity (Wildman–Crippen MR) is 215 cm³/mol. The third kappa shape index (κ3) is 29.9. The van der Waals surface area contributed by atoms with Gasteiger partial charge in [0.15, 0.2) is 0 Å². The van der Waals surface area contributed by atoms with Gasteiger partial charge < -0.3 is 11.1 Å². The van der Waals surface area contributed by atoms with E-state index in [4.69, 9.17) is 5.73 Å². The Morgan fingerprint density at radius 2 is 1.12 bits per heavy atom. The topological polar surface area (TPSA) is 115 Å². The molecule has 0 fully saturated rings. The zero-order chi connectivity index (χ0) is 36.9. The molecule has 0 saturated carbocycles. The molecule has 2 aromatic heterocycles. The molecule has 274 valence electrons. The molecule has 0 saturated heterocycles. The fraction of sp³-hybridized carbons (Fsp3) is 0.386. The van der Waals surface area contributed by atoms with Crippen molar-refractivity contribution in [3.8, 4) is 0 Å². The number of allylic oxidation sites excluding steroid dienone is 12. The highest BCUT2D eigenvalue weighted by atomic mass is 16.1. The Hall–Kier alpha value is -4.75. The molecule has 3 N–H and O–H groups in total. The van der Waals surface area contributed by atoms with E-state index in [2.05, 4.69) is 83.0 Å². The fourth-order valence-corrected chi connectivity index (χ4v) is 4.46. The Bertz CT molecular complexity index is 1390. The molecule has 2 aromatic rings. The summed E-state index contributed by atoms with van der Waals surface area (Å²) in [5.74, 6) is 0.481. The number of ketones is 2. The van der Waals surface area contributed by atoms with Crippen LogP contribution in [0.3, 0.4) is 0 Å². The molecule has 0 aliphatic carbocycles. The SMILES string of the molecule is CC/C=C\C/C=C\C/C=C\C/C=C\C/C=C\CCCC(=O)NCCCC(=O)C/C=C/c1cccnc1.NCCCC(=O)C/C=C/c1cccnc1. The molecule has 0 atom stereocenters. The number of carbonyl (C=O) groups excluding carboxylic acids is 3. The van der Waals surface area contributed by atoms with E-state index in [0.29, 0.717) is 51.6 Å². The molecule has 51 heavy (non-hydrogen) atoms. The maximum absolute atomic E-state index is 11.9. The van der Waals surface area contributed by atoms with Crippen molar-refractivity contribution in [3.63, 3.8) is 0 Å². The van der Waals surface area contributed by atoms with Gasteiger partial charge in [0.2, 0.25) is 5.91 Å². The summed E-state index contributed by atoms with van der Waals surface area (Å²) < 4.78 is 0. The minimum Gasteiger partial charge on any atom is -0.356 e. The number of Topliss-reactive ketones (excluding diaryl/α,β-unsaturated/α-hetero) is 2. The lowest BCUT2D eigenvalue weighted by molar-refractivity contribution is -0.122. The van der Waals surface area contributed by atoms with Crippen molar-refractivity contribution in [1.82, 2.24) is 15.3 Å². The molecule has 7 nitrogen and oxygen atoms in total. The Balaban J connectivity index is 0.000000718. The molecule has 0 radical (unpaired) electrons. The Labute approximate surface area is 307 Å². The Kier molecular flexibility index (Phi) is 29.3. The monoisotopic (exact) mass is 692 g/mol. The van der Waals surface area contributed by atoms with E-state index in [1.807, 2.05) is 48.6 Å². The van der Waals surface area contributed by atoms with Gasteiger partial charge in [-0.25, -0.2) is 0 Å². The summed E-state index contributed by atoms with van der Waals surface area (Å²) in [5, 5.41) is 2.91. The highest BCUT2D eigenvalue weighted by molar-refractivity contribution is 5.81. The van der Waals surface area contributed by atoms with Gasteiger partial charge in [-0.3, -0.25) is 24.4 Å². The van der Waals surface area contributed by atoms with E-state index < -0.39 is 0 Å². The predicted octanol–water partition coefficient (Wildman–Crippen LogP) is 9.66. The third-order valence-electron chi connectivity index (χ3n) is 7.23. The summed E-state index contributed by atoms with van der Waals surface area (Å²) in [7, 11) is 0. The lowest BCUT2D eigenvalue weighted by Crippen LogP contribution is -2.24. The van der Waals surface area contributed by atoms with Crippen LogP contribution in [0.15, 0.2) is 122 Å². The lowest BCUT2D eigenvalue weighted by Gasteiger charge is -2.04. The zero-order valence-corrected chi connectivity index (χ0v) is 30.7. The summed E-state index contributed by atoms with van der Waals surface area (Å²) in [6, 6.07) is 7.64. The van der Waals surface area contributed by atoms with E-state index in [0.717, 1.165) is 62.5 Å². The summed E-state index contributed by atoms with van der Waals surface area (Å²) in [4.78, 5) is 43.1. The normalized spacial score (nSPS) is 11.9. The van der Waals surface area contributed by atoms with Gasteiger partial charge in [0.1, 0.15) is 11.6 Å². The number of unbranched alkanes of at least 4 members (excludes halogenated alkanes) is 1. The van der Waals surface area contributed by atoms with E-state index in [9.17, 15) is 14.4 Å². The molecule has 0 bridgehead atoms. The highest BCUT2D eigenvalue weighted by Gasteiger charge is 2.02. The fourth-order valence-electron chi connectivity index (χ4n) is 4.46. The van der Waals surface area contributed by atoms with Crippen LogP contribution in [0, 0.1) is 0 Å². The van der Waals surface area contributed by atoms with Gasteiger partial charge in [0, 0.05) is 63.4 Å². The maximum Gasteiger partial charge on any atom is 0.220 e. The van der Waals surface area contributed by atoms with Gasteiger partial charge in [-0.1, -0.05) is 104 Å². The number of hydrogen-bond donors (Lipinski definition) is 2. The number of amides is 1. The second kappa shape index (κ2) is 33.7. The average Bonchev–Trinajstić information content (AvgIpc) is 3.15. The molecular formula is C44H60N4O3. The molecule has 0 spiro atoms. The van der Waals surface area contributed by atoms with Crippen molar-refractivity contribution in [2.24, 2.45) is 5.73 Å². The van der Waals surface area contributed by atoms with Gasteiger partial charge in [0.05, 0.1) is 0 Å². The second-order valence-corrected chi connectivity index (χ2v) is 11.8. The largest absolute Gasteiger partial charge is 0.356 e. The van der Waals surface area contributed by atoms with Crippen molar-refractivity contribution in [3.05, 3.63) is 133 Å².